The lowest BCUT2D eigenvalue weighted by atomic mass is 10.2. The first-order valence-corrected chi connectivity index (χ1v) is 7.17. The van der Waals surface area contributed by atoms with Gasteiger partial charge >= 0.3 is 0 Å². The molecule has 2 aromatic rings. The van der Waals surface area contributed by atoms with Crippen molar-refractivity contribution in [2.75, 3.05) is 24.8 Å². The fraction of sp³-hybridized carbons (Fsp3) is 0.267. The monoisotopic (exact) mass is 318 g/mol. The Morgan fingerprint density at radius 2 is 2.18 bits per heavy atom. The average molecular weight is 318 g/mol. The highest BCUT2D eigenvalue weighted by atomic mass is 32.1. The summed E-state index contributed by atoms with van der Waals surface area (Å²) in [5, 5.41) is 3.52. The minimum absolute atomic E-state index is 0.345. The molecule has 0 bridgehead atoms. The van der Waals surface area contributed by atoms with Crippen LogP contribution >= 0.6 is 12.2 Å². The van der Waals surface area contributed by atoms with E-state index < -0.39 is 0 Å². The largest absolute Gasteiger partial charge is 0.497 e. The molecule has 0 saturated carbocycles. The van der Waals surface area contributed by atoms with Crippen LogP contribution in [0.3, 0.4) is 0 Å². The molecule has 0 aliphatic rings. The Morgan fingerprint density at radius 3 is 2.82 bits per heavy atom. The van der Waals surface area contributed by atoms with Crippen molar-refractivity contribution in [2.24, 2.45) is 0 Å². The summed E-state index contributed by atoms with van der Waals surface area (Å²) in [6, 6.07) is 5.36. The zero-order valence-electron chi connectivity index (χ0n) is 12.7. The van der Waals surface area contributed by atoms with Gasteiger partial charge in [-0.25, -0.2) is 9.97 Å². The zero-order chi connectivity index (χ0) is 16.1. The van der Waals surface area contributed by atoms with E-state index in [1.807, 2.05) is 19.1 Å². The second-order valence-corrected chi connectivity index (χ2v) is 4.85. The lowest BCUT2D eigenvalue weighted by Gasteiger charge is -2.14. The van der Waals surface area contributed by atoms with E-state index in [1.165, 1.54) is 0 Å². The predicted octanol–water partition coefficient (Wildman–Crippen LogP) is 2.83. The van der Waals surface area contributed by atoms with Gasteiger partial charge in [-0.15, -0.1) is 0 Å². The molecule has 22 heavy (non-hydrogen) atoms. The smallest absolute Gasteiger partial charge is 0.196 e. The number of benzene rings is 1. The van der Waals surface area contributed by atoms with Crippen molar-refractivity contribution >= 4 is 34.5 Å². The third kappa shape index (κ3) is 3.62. The number of nitrogens with one attached hydrogen (secondary N) is 1. The van der Waals surface area contributed by atoms with E-state index in [0.717, 1.165) is 0 Å². The van der Waals surface area contributed by atoms with Gasteiger partial charge < -0.3 is 20.5 Å². The van der Waals surface area contributed by atoms with E-state index in [4.69, 9.17) is 27.4 Å². The van der Waals surface area contributed by atoms with Crippen molar-refractivity contribution in [1.29, 1.82) is 0 Å². The number of ether oxygens (including phenoxy) is 2. The first-order valence-electron chi connectivity index (χ1n) is 6.76. The van der Waals surface area contributed by atoms with Crippen molar-refractivity contribution < 1.29 is 9.47 Å². The van der Waals surface area contributed by atoms with Gasteiger partial charge in [0.2, 0.25) is 0 Å². The van der Waals surface area contributed by atoms with Crippen LogP contribution in [0.25, 0.3) is 0 Å². The number of aryl methyl sites for hydroxylation is 1. The summed E-state index contributed by atoms with van der Waals surface area (Å²) in [5.74, 6) is 1.87. The van der Waals surface area contributed by atoms with Crippen LogP contribution in [-0.4, -0.2) is 28.7 Å². The van der Waals surface area contributed by atoms with Gasteiger partial charge in [0.25, 0.3) is 0 Å². The number of nitrogens with zero attached hydrogens (tertiary/aromatic N) is 2. The summed E-state index contributed by atoms with van der Waals surface area (Å²) in [7, 11) is 1.59. The summed E-state index contributed by atoms with van der Waals surface area (Å²) in [6.45, 7) is 4.16. The van der Waals surface area contributed by atoms with Gasteiger partial charge in [0.15, 0.2) is 5.05 Å². The van der Waals surface area contributed by atoms with Crippen LogP contribution in [0.4, 0.5) is 17.2 Å². The zero-order valence-corrected chi connectivity index (χ0v) is 13.5. The van der Waals surface area contributed by atoms with E-state index in [9.17, 15) is 0 Å². The van der Waals surface area contributed by atoms with Crippen molar-refractivity contribution in [3.8, 4) is 5.75 Å². The Morgan fingerprint density at radius 1 is 1.41 bits per heavy atom. The average Bonchev–Trinajstić information content (AvgIpc) is 2.49. The van der Waals surface area contributed by atoms with Gasteiger partial charge in [0, 0.05) is 12.3 Å². The third-order valence-corrected chi connectivity index (χ3v) is 3.25. The fourth-order valence-electron chi connectivity index (χ4n) is 1.83. The molecule has 0 aliphatic heterocycles. The van der Waals surface area contributed by atoms with E-state index in [-0.39, 0.29) is 0 Å². The SMILES string of the molecule is CCOC(=S)c1cnc(C)nc1Nc1ccc(OC)cc1N. The molecule has 0 atom stereocenters. The molecule has 3 N–H and O–H groups in total. The molecule has 0 saturated heterocycles. The van der Waals surface area contributed by atoms with E-state index in [1.54, 1.807) is 26.3 Å². The Labute approximate surface area is 134 Å². The fourth-order valence-corrected chi connectivity index (χ4v) is 2.10. The van der Waals surface area contributed by atoms with Gasteiger partial charge in [-0.1, -0.05) is 0 Å². The van der Waals surface area contributed by atoms with Crippen molar-refractivity contribution in [2.45, 2.75) is 13.8 Å². The Balaban J connectivity index is 2.36. The summed E-state index contributed by atoms with van der Waals surface area (Å²) >= 11 is 5.25. The maximum absolute atomic E-state index is 6.02. The van der Waals surface area contributed by atoms with Crippen molar-refractivity contribution in [3.05, 3.63) is 35.8 Å². The third-order valence-electron chi connectivity index (χ3n) is 2.92. The summed E-state index contributed by atoms with van der Waals surface area (Å²) in [4.78, 5) is 8.54. The van der Waals surface area contributed by atoms with E-state index in [0.29, 0.717) is 46.0 Å². The van der Waals surface area contributed by atoms with Gasteiger partial charge in [-0.2, -0.15) is 0 Å². The first kappa shape index (κ1) is 16.0. The van der Waals surface area contributed by atoms with Gasteiger partial charge in [-0.05, 0) is 38.2 Å². The second kappa shape index (κ2) is 7.04. The van der Waals surface area contributed by atoms with Crippen LogP contribution in [0, 0.1) is 6.92 Å². The number of rotatable bonds is 5. The molecule has 0 amide bonds. The molecule has 0 radical (unpaired) electrons. The number of hydrogen-bond donors (Lipinski definition) is 2. The first-order chi connectivity index (χ1) is 10.5. The molecule has 0 unspecified atom stereocenters. The molecular formula is C15H18N4O2S. The molecule has 6 nitrogen and oxygen atoms in total. The molecule has 1 heterocycles. The number of hydrogen-bond acceptors (Lipinski definition) is 7. The second-order valence-electron chi connectivity index (χ2n) is 4.48. The Kier molecular flexibility index (Phi) is 5.11. The number of nitrogen functional groups attached to an aromatic ring is 1. The highest BCUT2D eigenvalue weighted by Crippen LogP contribution is 2.28. The normalized spacial score (nSPS) is 10.1. The van der Waals surface area contributed by atoms with Crippen LogP contribution in [0.2, 0.25) is 0 Å². The maximum Gasteiger partial charge on any atom is 0.196 e. The minimum atomic E-state index is 0.345. The van der Waals surface area contributed by atoms with Crippen LogP contribution in [-0.2, 0) is 4.74 Å². The Bertz CT molecular complexity index is 691. The molecule has 0 spiro atoms. The predicted molar refractivity (Wildman–Crippen MR) is 90.8 cm³/mol. The van der Waals surface area contributed by atoms with Gasteiger partial charge in [-0.3, -0.25) is 0 Å². The maximum atomic E-state index is 6.02. The molecule has 0 fully saturated rings. The summed E-state index contributed by atoms with van der Waals surface area (Å²) < 4.78 is 10.5. The number of aromatic nitrogens is 2. The van der Waals surface area contributed by atoms with Crippen LogP contribution in [0.5, 0.6) is 5.75 Å². The number of anilines is 3. The van der Waals surface area contributed by atoms with Crippen LogP contribution in [0.15, 0.2) is 24.4 Å². The molecule has 7 heteroatoms. The standard InChI is InChI=1S/C15H18N4O2S/c1-4-21-15(22)11-8-17-9(2)18-14(11)19-13-6-5-10(20-3)7-12(13)16/h5-8H,4,16H2,1-3H3,(H,17,18,19). The lowest BCUT2D eigenvalue weighted by Crippen LogP contribution is -2.10. The van der Waals surface area contributed by atoms with E-state index in [2.05, 4.69) is 15.3 Å². The molecule has 2 rings (SSSR count). The summed E-state index contributed by atoms with van der Waals surface area (Å²) in [6.07, 6.45) is 1.64. The van der Waals surface area contributed by atoms with Gasteiger partial charge in [0.05, 0.1) is 30.7 Å². The number of thiocarbonyl (C=S) groups is 1. The topological polar surface area (TPSA) is 82.3 Å². The molecule has 116 valence electrons. The van der Waals surface area contributed by atoms with Crippen LogP contribution < -0.4 is 15.8 Å². The highest BCUT2D eigenvalue weighted by Gasteiger charge is 2.13. The van der Waals surface area contributed by atoms with Gasteiger partial charge in [0.1, 0.15) is 17.4 Å². The highest BCUT2D eigenvalue weighted by molar-refractivity contribution is 7.80. The molecule has 0 aliphatic carbocycles. The Hall–Kier alpha value is -2.41. The number of nitrogens with two attached hydrogens (primary N) is 1. The quantitative estimate of drug-likeness (QED) is 0.648. The molecular weight excluding hydrogens is 300 g/mol. The molecule has 1 aromatic carbocycles. The molecule has 1 aromatic heterocycles. The lowest BCUT2D eigenvalue weighted by molar-refractivity contribution is 0.337. The van der Waals surface area contributed by atoms with E-state index >= 15 is 0 Å². The number of methoxy groups -OCH3 is 1. The van der Waals surface area contributed by atoms with Crippen molar-refractivity contribution in [1.82, 2.24) is 9.97 Å². The summed E-state index contributed by atoms with van der Waals surface area (Å²) in [5.41, 5.74) is 7.89. The van der Waals surface area contributed by atoms with Crippen LogP contribution in [0.1, 0.15) is 18.3 Å². The van der Waals surface area contributed by atoms with Crippen molar-refractivity contribution in [3.63, 3.8) is 0 Å². The minimum Gasteiger partial charge on any atom is -0.497 e.